The van der Waals surface area contributed by atoms with Crippen LogP contribution in [-0.4, -0.2) is 13.9 Å². The number of carbonyl (C=O) groups excluding carboxylic acids is 1. The second kappa shape index (κ2) is 5.06. The summed E-state index contributed by atoms with van der Waals surface area (Å²) in [5.41, 5.74) is 0.576. The van der Waals surface area contributed by atoms with Gasteiger partial charge in [-0.3, -0.25) is 18.0 Å². The first kappa shape index (κ1) is 11.9. The summed E-state index contributed by atoms with van der Waals surface area (Å²) in [5, 5.41) is 10.7. The van der Waals surface area contributed by atoms with E-state index in [0.717, 1.165) is 0 Å². The van der Waals surface area contributed by atoms with E-state index in [1.54, 1.807) is 18.2 Å². The van der Waals surface area contributed by atoms with Crippen LogP contribution in [0.25, 0.3) is 0 Å². The van der Waals surface area contributed by atoms with Gasteiger partial charge < -0.3 is 0 Å². The molecule has 1 rings (SSSR count). The van der Waals surface area contributed by atoms with Crippen molar-refractivity contribution in [3.63, 3.8) is 0 Å². The smallest absolute Gasteiger partial charge is 0.274 e. The molecule has 0 bridgehead atoms. The molecule has 15 heavy (non-hydrogen) atoms. The van der Waals surface area contributed by atoms with Gasteiger partial charge in [0.15, 0.2) is 0 Å². The molecule has 0 aliphatic rings. The van der Waals surface area contributed by atoms with Crippen LogP contribution in [0.4, 0.5) is 5.69 Å². The van der Waals surface area contributed by atoms with Gasteiger partial charge in [-0.05, 0) is 0 Å². The molecular formula is C9H9IN2O3. The van der Waals surface area contributed by atoms with Crippen molar-refractivity contribution in [2.75, 3.05) is 0 Å². The van der Waals surface area contributed by atoms with Gasteiger partial charge in [-0.1, -0.05) is 18.2 Å². The molecule has 6 heteroatoms. The summed E-state index contributed by atoms with van der Waals surface area (Å²) in [4.78, 5) is 21.2. The minimum atomic E-state index is -0.444. The normalized spacial score (nSPS) is 9.73. The Labute approximate surface area is 101 Å². The molecule has 0 spiro atoms. The largest absolute Gasteiger partial charge is 0.281 e. The van der Waals surface area contributed by atoms with Gasteiger partial charge in [-0.25, -0.2) is 0 Å². The van der Waals surface area contributed by atoms with Crippen LogP contribution < -0.4 is 0 Å². The number of benzene rings is 1. The third-order valence-electron chi connectivity index (χ3n) is 1.84. The van der Waals surface area contributed by atoms with Crippen LogP contribution in [0, 0.1) is 10.1 Å². The van der Waals surface area contributed by atoms with E-state index in [9.17, 15) is 14.9 Å². The third kappa shape index (κ3) is 3.15. The van der Waals surface area contributed by atoms with Crippen molar-refractivity contribution in [1.82, 2.24) is 3.11 Å². The quantitative estimate of drug-likeness (QED) is 0.371. The SMILES string of the molecule is CC(=O)N(I)Cc1ccccc1[N+](=O)[O-]. The lowest BCUT2D eigenvalue weighted by molar-refractivity contribution is -0.385. The highest BCUT2D eigenvalue weighted by atomic mass is 127. The second-order valence-electron chi connectivity index (χ2n) is 2.93. The molecule has 80 valence electrons. The number of nitro benzene ring substituents is 1. The van der Waals surface area contributed by atoms with E-state index in [1.165, 1.54) is 16.1 Å². The van der Waals surface area contributed by atoms with E-state index in [1.807, 2.05) is 22.9 Å². The Hall–Kier alpha value is -1.18. The molecule has 0 radical (unpaired) electrons. The fourth-order valence-electron chi connectivity index (χ4n) is 1.08. The van der Waals surface area contributed by atoms with Crippen molar-refractivity contribution < 1.29 is 9.72 Å². The minimum absolute atomic E-state index is 0.0421. The van der Waals surface area contributed by atoms with Crippen molar-refractivity contribution in [2.24, 2.45) is 0 Å². The number of rotatable bonds is 3. The maximum Gasteiger partial charge on any atom is 0.274 e. The molecule has 0 aliphatic heterocycles. The summed E-state index contributed by atoms with van der Waals surface area (Å²) in [6.45, 7) is 1.66. The molecule has 5 nitrogen and oxygen atoms in total. The second-order valence-corrected chi connectivity index (χ2v) is 4.09. The highest BCUT2D eigenvalue weighted by Crippen LogP contribution is 2.20. The molecule has 0 saturated carbocycles. The third-order valence-corrected chi connectivity index (χ3v) is 2.86. The first-order valence-electron chi connectivity index (χ1n) is 4.18. The number of para-hydroxylation sites is 1. The zero-order valence-electron chi connectivity index (χ0n) is 8.01. The lowest BCUT2D eigenvalue weighted by Crippen LogP contribution is -2.17. The van der Waals surface area contributed by atoms with Gasteiger partial charge in [0.05, 0.1) is 39.9 Å². The van der Waals surface area contributed by atoms with Gasteiger partial charge in [-0.2, -0.15) is 0 Å². The Kier molecular flexibility index (Phi) is 4.01. The summed E-state index contributed by atoms with van der Waals surface area (Å²) >= 11 is 1.84. The molecule has 0 aliphatic carbocycles. The first-order chi connectivity index (χ1) is 7.02. The Balaban J connectivity index is 2.94. The van der Waals surface area contributed by atoms with E-state index in [4.69, 9.17) is 0 Å². The Morgan fingerprint density at radius 3 is 2.67 bits per heavy atom. The van der Waals surface area contributed by atoms with Gasteiger partial charge in [0.25, 0.3) is 5.69 Å². The van der Waals surface area contributed by atoms with Crippen LogP contribution in [0.3, 0.4) is 0 Å². The lowest BCUT2D eigenvalue weighted by Gasteiger charge is -2.11. The molecule has 1 amide bonds. The summed E-state index contributed by atoms with van der Waals surface area (Å²) < 4.78 is 1.40. The number of nitro groups is 1. The van der Waals surface area contributed by atoms with Gasteiger partial charge in [0.2, 0.25) is 5.91 Å². The van der Waals surface area contributed by atoms with E-state index < -0.39 is 4.92 Å². The van der Waals surface area contributed by atoms with E-state index in [0.29, 0.717) is 5.56 Å². The molecule has 1 aromatic rings. The van der Waals surface area contributed by atoms with Crippen LogP contribution in [-0.2, 0) is 11.3 Å². The fraction of sp³-hybridized carbons (Fsp3) is 0.222. The van der Waals surface area contributed by atoms with E-state index in [-0.39, 0.29) is 18.1 Å². The van der Waals surface area contributed by atoms with Gasteiger partial charge >= 0.3 is 0 Å². The molecular weight excluding hydrogens is 311 g/mol. The maximum atomic E-state index is 11.0. The topological polar surface area (TPSA) is 63.5 Å². The zero-order chi connectivity index (χ0) is 11.4. The molecule has 0 heterocycles. The highest BCUT2D eigenvalue weighted by molar-refractivity contribution is 14.1. The predicted molar refractivity (Wildman–Crippen MR) is 63.3 cm³/mol. The van der Waals surface area contributed by atoms with Crippen LogP contribution in [0.5, 0.6) is 0 Å². The standard InChI is InChI=1S/C9H9IN2O3/c1-7(13)11(10)6-8-4-2-3-5-9(8)12(14)15/h2-5H,6H2,1H3. The molecule has 0 N–H and O–H groups in total. The Morgan fingerprint density at radius 1 is 1.53 bits per heavy atom. The Morgan fingerprint density at radius 2 is 2.13 bits per heavy atom. The van der Waals surface area contributed by atoms with Gasteiger partial charge in [-0.15, -0.1) is 0 Å². The van der Waals surface area contributed by atoms with E-state index >= 15 is 0 Å². The number of nitrogens with zero attached hydrogens (tertiary/aromatic N) is 2. The molecule has 0 atom stereocenters. The van der Waals surface area contributed by atoms with Crippen LogP contribution >= 0.6 is 22.9 Å². The first-order valence-corrected chi connectivity index (χ1v) is 5.15. The van der Waals surface area contributed by atoms with Crippen molar-refractivity contribution in [2.45, 2.75) is 13.5 Å². The average Bonchev–Trinajstić information content (AvgIpc) is 2.18. The van der Waals surface area contributed by atoms with Crippen molar-refractivity contribution in [3.8, 4) is 0 Å². The van der Waals surface area contributed by atoms with Crippen LogP contribution in [0.15, 0.2) is 24.3 Å². The number of hydrogen-bond acceptors (Lipinski definition) is 3. The maximum absolute atomic E-state index is 11.0. The molecule has 0 fully saturated rings. The van der Waals surface area contributed by atoms with Crippen molar-refractivity contribution >= 4 is 34.5 Å². The summed E-state index contributed by atoms with van der Waals surface area (Å²) in [5.74, 6) is -0.131. The molecule has 0 unspecified atom stereocenters. The molecule has 1 aromatic carbocycles. The number of halogens is 1. The summed E-state index contributed by atoms with van der Waals surface area (Å²) in [6, 6.07) is 6.40. The van der Waals surface area contributed by atoms with Crippen molar-refractivity contribution in [1.29, 1.82) is 0 Å². The lowest BCUT2D eigenvalue weighted by atomic mass is 10.2. The number of carbonyl (C=O) groups is 1. The summed E-state index contributed by atoms with van der Waals surface area (Å²) in [6.07, 6.45) is 0. The average molecular weight is 320 g/mol. The molecule has 0 aromatic heterocycles. The monoisotopic (exact) mass is 320 g/mol. The fourth-order valence-corrected chi connectivity index (χ4v) is 1.45. The number of hydrogen-bond donors (Lipinski definition) is 0. The zero-order valence-corrected chi connectivity index (χ0v) is 10.2. The van der Waals surface area contributed by atoms with Crippen molar-refractivity contribution in [3.05, 3.63) is 39.9 Å². The van der Waals surface area contributed by atoms with Gasteiger partial charge in [0.1, 0.15) is 0 Å². The summed E-state index contributed by atoms with van der Waals surface area (Å²) in [7, 11) is 0. The molecule has 0 saturated heterocycles. The minimum Gasteiger partial charge on any atom is -0.281 e. The van der Waals surface area contributed by atoms with E-state index in [2.05, 4.69) is 0 Å². The highest BCUT2D eigenvalue weighted by Gasteiger charge is 2.15. The van der Waals surface area contributed by atoms with Crippen LogP contribution in [0.1, 0.15) is 12.5 Å². The van der Waals surface area contributed by atoms with Gasteiger partial charge in [0, 0.05) is 13.0 Å². The number of amides is 1. The van der Waals surface area contributed by atoms with Crippen LogP contribution in [0.2, 0.25) is 0 Å². The Bertz CT molecular complexity index is 395. The predicted octanol–water partition coefficient (Wildman–Crippen LogP) is 2.29.